The van der Waals surface area contributed by atoms with Crippen LogP contribution in [0.1, 0.15) is 29.8 Å². The quantitative estimate of drug-likeness (QED) is 0.746. The lowest BCUT2D eigenvalue weighted by Gasteiger charge is -2.13. The lowest BCUT2D eigenvalue weighted by Crippen LogP contribution is -2.28. The highest BCUT2D eigenvalue weighted by Crippen LogP contribution is 2.22. The Morgan fingerprint density at radius 2 is 2.17 bits per heavy atom. The van der Waals surface area contributed by atoms with E-state index in [1.165, 1.54) is 0 Å². The number of aliphatic carboxylic acids is 1. The van der Waals surface area contributed by atoms with Crippen molar-refractivity contribution in [2.45, 2.75) is 31.8 Å². The molecule has 1 aliphatic rings. The van der Waals surface area contributed by atoms with Gasteiger partial charge in [-0.05, 0) is 37.6 Å². The number of carboxylic acid groups (broad SMARTS) is 1. The van der Waals surface area contributed by atoms with Crippen LogP contribution in [-0.4, -0.2) is 45.2 Å². The van der Waals surface area contributed by atoms with Crippen LogP contribution in [0.5, 0.6) is 5.75 Å². The first kappa shape index (κ1) is 17.3. The summed E-state index contributed by atoms with van der Waals surface area (Å²) in [6.45, 7) is 3.64. The second-order valence-electron chi connectivity index (χ2n) is 5.24. The Hall–Kier alpha value is -2.06. The van der Waals surface area contributed by atoms with Crippen molar-refractivity contribution in [1.29, 1.82) is 0 Å². The normalized spacial score (nSPS) is 17.0. The molecule has 1 amide bonds. The predicted molar refractivity (Wildman–Crippen MR) is 86.9 cm³/mol. The minimum absolute atomic E-state index is 0.0639. The van der Waals surface area contributed by atoms with Gasteiger partial charge in [-0.15, -0.1) is 0 Å². The molecule has 124 valence electrons. The number of nitrogens with one attached hydrogen (secondary N) is 1. The monoisotopic (exact) mass is 338 g/mol. The van der Waals surface area contributed by atoms with E-state index in [0.29, 0.717) is 16.9 Å². The zero-order chi connectivity index (χ0) is 17.0. The average Bonchev–Trinajstić information content (AvgIpc) is 2.94. The van der Waals surface area contributed by atoms with Gasteiger partial charge in [-0.2, -0.15) is 0 Å². The van der Waals surface area contributed by atoms with Crippen molar-refractivity contribution in [3.8, 4) is 5.75 Å². The van der Waals surface area contributed by atoms with Crippen LogP contribution < -0.4 is 10.1 Å². The van der Waals surface area contributed by atoms with E-state index in [9.17, 15) is 14.7 Å². The van der Waals surface area contributed by atoms with Gasteiger partial charge in [-0.3, -0.25) is 14.6 Å². The number of carboxylic acids is 1. The van der Waals surface area contributed by atoms with Gasteiger partial charge >= 0.3 is 5.97 Å². The van der Waals surface area contributed by atoms with Gasteiger partial charge in [0, 0.05) is 5.56 Å². The van der Waals surface area contributed by atoms with Crippen molar-refractivity contribution < 1.29 is 24.5 Å². The fraction of sp³-hybridized carbons (Fsp3) is 0.400. The van der Waals surface area contributed by atoms with Gasteiger partial charge in [0.15, 0.2) is 5.17 Å². The van der Waals surface area contributed by atoms with E-state index in [2.05, 4.69) is 10.3 Å². The van der Waals surface area contributed by atoms with Gasteiger partial charge in [0.25, 0.3) is 5.91 Å². The zero-order valence-electron chi connectivity index (χ0n) is 12.8. The van der Waals surface area contributed by atoms with Crippen molar-refractivity contribution in [1.82, 2.24) is 5.32 Å². The smallest absolute Gasteiger partial charge is 0.319 e. The first-order valence-corrected chi connectivity index (χ1v) is 7.93. The zero-order valence-corrected chi connectivity index (χ0v) is 13.6. The van der Waals surface area contributed by atoms with E-state index < -0.39 is 17.1 Å². The number of carbonyl (C=O) groups excluding carboxylic acids is 1. The van der Waals surface area contributed by atoms with Gasteiger partial charge in [0.2, 0.25) is 0 Å². The van der Waals surface area contributed by atoms with Crippen molar-refractivity contribution in [3.63, 3.8) is 0 Å². The highest BCUT2D eigenvalue weighted by Gasteiger charge is 2.27. The van der Waals surface area contributed by atoms with E-state index in [1.54, 1.807) is 18.2 Å². The van der Waals surface area contributed by atoms with Gasteiger partial charge in [0.1, 0.15) is 11.0 Å². The summed E-state index contributed by atoms with van der Waals surface area (Å²) in [7, 11) is 0. The fourth-order valence-electron chi connectivity index (χ4n) is 1.97. The van der Waals surface area contributed by atoms with Gasteiger partial charge in [-0.1, -0.05) is 11.8 Å². The van der Waals surface area contributed by atoms with Crippen molar-refractivity contribution in [3.05, 3.63) is 29.3 Å². The summed E-state index contributed by atoms with van der Waals surface area (Å²) in [5.74, 6) is -0.898. The van der Waals surface area contributed by atoms with Crippen LogP contribution in [0.3, 0.4) is 0 Å². The highest BCUT2D eigenvalue weighted by atomic mass is 32.2. The second-order valence-corrected chi connectivity index (χ2v) is 6.43. The molecule has 0 saturated carbocycles. The Bertz CT molecular complexity index is 645. The minimum atomic E-state index is -0.960. The molecule has 1 unspecified atom stereocenters. The molecule has 0 aliphatic carbocycles. The molecular formula is C15H18N2O5S. The van der Waals surface area contributed by atoms with Gasteiger partial charge in [-0.25, -0.2) is 0 Å². The van der Waals surface area contributed by atoms with E-state index in [-0.39, 0.29) is 24.4 Å². The number of benzene rings is 1. The molecule has 23 heavy (non-hydrogen) atoms. The standard InChI is InChI=1S/C15H18N2O5S/c1-8(2)22-11-4-9(7-18)3-10(5-11)13(19)17-15-16-6-12(23-15)14(20)21/h3-5,8,12,18H,6-7H2,1-2H3,(H,20,21)(H,16,17,19). The van der Waals surface area contributed by atoms with Crippen molar-refractivity contribution >= 4 is 28.8 Å². The molecule has 2 rings (SSSR count). The number of carbonyl (C=O) groups is 2. The number of aliphatic imine (C=N–C) groups is 1. The Morgan fingerprint density at radius 1 is 1.43 bits per heavy atom. The lowest BCUT2D eigenvalue weighted by molar-refractivity contribution is -0.136. The summed E-state index contributed by atoms with van der Waals surface area (Å²) in [6, 6.07) is 4.79. The minimum Gasteiger partial charge on any atom is -0.491 e. The average molecular weight is 338 g/mol. The van der Waals surface area contributed by atoms with Crippen LogP contribution in [0.4, 0.5) is 0 Å². The third-order valence-corrected chi connectivity index (χ3v) is 4.02. The fourth-order valence-corrected chi connectivity index (χ4v) is 2.79. The molecule has 0 bridgehead atoms. The molecule has 0 saturated heterocycles. The summed E-state index contributed by atoms with van der Waals surface area (Å²) in [4.78, 5) is 27.2. The number of amidine groups is 1. The number of aliphatic hydroxyl groups excluding tert-OH is 1. The van der Waals surface area contributed by atoms with Crippen LogP contribution in [0.2, 0.25) is 0 Å². The third kappa shape index (κ3) is 4.70. The largest absolute Gasteiger partial charge is 0.491 e. The Labute approximate surface area is 137 Å². The first-order valence-electron chi connectivity index (χ1n) is 7.05. The summed E-state index contributed by atoms with van der Waals surface area (Å²) < 4.78 is 5.56. The van der Waals surface area contributed by atoms with E-state index in [4.69, 9.17) is 9.84 Å². The SMILES string of the molecule is CC(C)Oc1cc(CO)cc(C(=O)NC2=NCC(C(=O)O)S2)c1. The summed E-state index contributed by atoms with van der Waals surface area (Å²) in [5, 5.41) is 20.4. The number of nitrogens with zero attached hydrogens (tertiary/aromatic N) is 1. The Balaban J connectivity index is 2.11. The Kier molecular flexibility index (Phi) is 5.62. The number of amides is 1. The Morgan fingerprint density at radius 3 is 2.74 bits per heavy atom. The molecule has 1 aliphatic heterocycles. The summed E-state index contributed by atoms with van der Waals surface area (Å²) >= 11 is 1.00. The number of hydrogen-bond donors (Lipinski definition) is 3. The van der Waals surface area contributed by atoms with E-state index in [0.717, 1.165) is 11.8 Å². The van der Waals surface area contributed by atoms with E-state index in [1.807, 2.05) is 13.8 Å². The molecular weight excluding hydrogens is 320 g/mol. The van der Waals surface area contributed by atoms with Crippen LogP contribution in [0, 0.1) is 0 Å². The number of aliphatic hydroxyl groups is 1. The summed E-state index contributed by atoms with van der Waals surface area (Å²) in [5.41, 5.74) is 0.868. The number of thioether (sulfide) groups is 1. The molecule has 0 spiro atoms. The first-order chi connectivity index (χ1) is 10.9. The maximum absolute atomic E-state index is 12.3. The van der Waals surface area contributed by atoms with E-state index >= 15 is 0 Å². The molecule has 0 fully saturated rings. The van der Waals surface area contributed by atoms with Gasteiger partial charge in [0.05, 0.1) is 19.3 Å². The van der Waals surface area contributed by atoms with Crippen LogP contribution in [-0.2, 0) is 11.4 Å². The molecule has 1 aromatic rings. The number of ether oxygens (including phenoxy) is 1. The molecule has 1 heterocycles. The molecule has 1 atom stereocenters. The third-order valence-electron chi connectivity index (χ3n) is 2.93. The maximum Gasteiger partial charge on any atom is 0.319 e. The molecule has 0 radical (unpaired) electrons. The molecule has 3 N–H and O–H groups in total. The lowest BCUT2D eigenvalue weighted by atomic mass is 10.1. The number of rotatable bonds is 5. The molecule has 8 heteroatoms. The topological polar surface area (TPSA) is 108 Å². The maximum atomic E-state index is 12.3. The molecule has 1 aromatic carbocycles. The summed E-state index contributed by atoms with van der Waals surface area (Å²) in [6.07, 6.45) is -0.0639. The van der Waals surface area contributed by atoms with Gasteiger partial charge < -0.3 is 20.3 Å². The van der Waals surface area contributed by atoms with Crippen LogP contribution in [0.25, 0.3) is 0 Å². The molecule has 0 aromatic heterocycles. The second kappa shape index (κ2) is 7.47. The van der Waals surface area contributed by atoms with Crippen LogP contribution in [0.15, 0.2) is 23.2 Å². The predicted octanol–water partition coefficient (Wildman–Crippen LogP) is 1.25. The highest BCUT2D eigenvalue weighted by molar-refractivity contribution is 8.15. The van der Waals surface area contributed by atoms with Crippen molar-refractivity contribution in [2.75, 3.05) is 6.54 Å². The molecule has 7 nitrogen and oxygen atoms in total. The van der Waals surface area contributed by atoms with Crippen LogP contribution >= 0.6 is 11.8 Å². The van der Waals surface area contributed by atoms with Crippen molar-refractivity contribution in [2.24, 2.45) is 4.99 Å². The number of hydrogen-bond acceptors (Lipinski definition) is 6.